The largest absolute Gasteiger partial charge is 0.394 e. The average molecular weight is 932 g/mol. The molecule has 9 N–H and O–H groups in total. The summed E-state index contributed by atoms with van der Waals surface area (Å²) in [6, 6.07) is -1.28. The molecule has 12 nitrogen and oxygen atoms in total. The number of amides is 1. The minimum Gasteiger partial charge on any atom is -0.394 e. The Morgan fingerprint density at radius 2 is 0.800 bits per heavy atom. The fraction of sp³-hybridized carbons (Fsp3) is 0.981. The molecule has 0 aromatic carbocycles. The van der Waals surface area contributed by atoms with Crippen molar-refractivity contribution in [2.45, 2.75) is 319 Å². The lowest BCUT2D eigenvalue weighted by atomic mass is 9.98. The standard InChI is InChI=1S/C53H105NO11/c1-3-5-7-9-11-13-15-17-18-19-20-21-22-23-24-25-26-28-30-32-34-36-38-40-45(57)48(59)52(63)54-43(42-64-53-51(62)50(61)49(60)46(41-55)65-53)47(58)44(56)39-37-35-33-31-29-27-16-14-12-10-8-6-4-2/h43-51,53,55-62H,3-42H2,1-2H3,(H,54,63)/t43-,44+,45?,46+,47-,48?,49+,50-,51+,53+/m0/s1. The molecule has 12 heteroatoms. The monoisotopic (exact) mass is 932 g/mol. The van der Waals surface area contributed by atoms with Crippen LogP contribution < -0.4 is 5.32 Å². The van der Waals surface area contributed by atoms with Gasteiger partial charge in [0.05, 0.1) is 31.5 Å². The molecule has 0 aromatic heterocycles. The van der Waals surface area contributed by atoms with Crippen molar-refractivity contribution in [2.75, 3.05) is 13.2 Å². The lowest BCUT2D eigenvalue weighted by molar-refractivity contribution is -0.303. The lowest BCUT2D eigenvalue weighted by Gasteiger charge is -2.40. The summed E-state index contributed by atoms with van der Waals surface area (Å²) < 4.78 is 11.1. The average Bonchev–Trinajstić information content (AvgIpc) is 3.31. The number of nitrogens with one attached hydrogen (secondary N) is 1. The van der Waals surface area contributed by atoms with Crippen molar-refractivity contribution in [1.82, 2.24) is 5.32 Å². The first-order valence-corrected chi connectivity index (χ1v) is 27.5. The van der Waals surface area contributed by atoms with Crippen molar-refractivity contribution in [3.63, 3.8) is 0 Å². The Labute approximate surface area is 397 Å². The maximum absolute atomic E-state index is 13.2. The molecule has 1 saturated heterocycles. The Kier molecular flexibility index (Phi) is 41.2. The van der Waals surface area contributed by atoms with E-state index >= 15 is 0 Å². The van der Waals surface area contributed by atoms with Gasteiger partial charge < -0.3 is 55.6 Å². The Morgan fingerprint density at radius 3 is 1.14 bits per heavy atom. The third-order valence-electron chi connectivity index (χ3n) is 13.8. The maximum Gasteiger partial charge on any atom is 0.251 e. The second kappa shape index (κ2) is 43.1. The first-order valence-electron chi connectivity index (χ1n) is 27.5. The molecule has 0 aromatic rings. The Balaban J connectivity index is 2.34. The van der Waals surface area contributed by atoms with Gasteiger partial charge in [-0.1, -0.05) is 245 Å². The number of aliphatic hydroxyl groups is 8. The molecule has 388 valence electrons. The molecule has 1 rings (SSSR count). The molecule has 0 saturated carbocycles. The minimum atomic E-state index is -1.78. The SMILES string of the molecule is CCCCCCCCCCCCCCCCCCCCCCCCCC(O)C(O)C(=O)N[C@@H](CO[C@@H]1O[C@H](CO)[C@@H](O)[C@H](O)[C@H]1O)[C@H](O)[C@H](O)CCCCCCCCCCCCCCC. The zero-order valence-electron chi connectivity index (χ0n) is 41.9. The third kappa shape index (κ3) is 31.8. The van der Waals surface area contributed by atoms with E-state index in [0.29, 0.717) is 12.8 Å². The van der Waals surface area contributed by atoms with E-state index in [9.17, 15) is 45.6 Å². The molecule has 10 atom stereocenters. The van der Waals surface area contributed by atoms with E-state index < -0.39 is 80.3 Å². The van der Waals surface area contributed by atoms with Gasteiger partial charge in [-0.15, -0.1) is 0 Å². The lowest BCUT2D eigenvalue weighted by Crippen LogP contribution is -2.60. The van der Waals surface area contributed by atoms with Crippen LogP contribution in [0.1, 0.15) is 258 Å². The van der Waals surface area contributed by atoms with Crippen LogP contribution in [0.4, 0.5) is 0 Å². The first kappa shape index (κ1) is 62.1. The summed E-state index contributed by atoms with van der Waals surface area (Å²) >= 11 is 0. The molecule has 1 heterocycles. The van der Waals surface area contributed by atoms with Gasteiger partial charge in [0, 0.05) is 0 Å². The Hall–Kier alpha value is -0.930. The third-order valence-corrected chi connectivity index (χ3v) is 13.8. The van der Waals surface area contributed by atoms with Crippen LogP contribution in [0.5, 0.6) is 0 Å². The van der Waals surface area contributed by atoms with Gasteiger partial charge in [0.25, 0.3) is 5.91 Å². The summed E-state index contributed by atoms with van der Waals surface area (Å²) in [5, 5.41) is 86.5. The highest BCUT2D eigenvalue weighted by atomic mass is 16.7. The van der Waals surface area contributed by atoms with Gasteiger partial charge in [-0.3, -0.25) is 4.79 Å². The highest BCUT2D eigenvalue weighted by molar-refractivity contribution is 5.81. The summed E-state index contributed by atoms with van der Waals surface area (Å²) in [5.41, 5.74) is 0. The van der Waals surface area contributed by atoms with Crippen molar-refractivity contribution in [1.29, 1.82) is 0 Å². The molecule has 0 bridgehead atoms. The van der Waals surface area contributed by atoms with E-state index in [4.69, 9.17) is 9.47 Å². The van der Waals surface area contributed by atoms with Crippen LogP contribution in [0.15, 0.2) is 0 Å². The fourth-order valence-electron chi connectivity index (χ4n) is 9.18. The van der Waals surface area contributed by atoms with E-state index in [1.54, 1.807) is 0 Å². The van der Waals surface area contributed by atoms with Gasteiger partial charge in [0.15, 0.2) is 12.4 Å². The molecule has 0 radical (unpaired) electrons. The second-order valence-corrected chi connectivity index (χ2v) is 19.8. The summed E-state index contributed by atoms with van der Waals surface area (Å²) in [4.78, 5) is 13.2. The number of aliphatic hydroxyl groups excluding tert-OH is 8. The number of ether oxygens (including phenoxy) is 2. The van der Waals surface area contributed by atoms with Crippen molar-refractivity contribution >= 4 is 5.91 Å². The highest BCUT2D eigenvalue weighted by Gasteiger charge is 2.44. The Bertz CT molecular complexity index is 1040. The molecular weight excluding hydrogens is 827 g/mol. The predicted octanol–water partition coefficient (Wildman–Crippen LogP) is 9.59. The number of unbranched alkanes of at least 4 members (excludes halogenated alkanes) is 34. The number of hydrogen-bond acceptors (Lipinski definition) is 11. The van der Waals surface area contributed by atoms with Gasteiger partial charge in [-0.25, -0.2) is 0 Å². The van der Waals surface area contributed by atoms with Gasteiger partial charge in [0.2, 0.25) is 0 Å². The van der Waals surface area contributed by atoms with Crippen LogP contribution in [-0.4, -0.2) is 121 Å². The topological polar surface area (TPSA) is 209 Å². The predicted molar refractivity (Wildman–Crippen MR) is 262 cm³/mol. The number of rotatable bonds is 47. The van der Waals surface area contributed by atoms with Crippen molar-refractivity contribution in [2.24, 2.45) is 0 Å². The summed E-state index contributed by atoms with van der Waals surface area (Å²) in [6.45, 7) is 3.34. The van der Waals surface area contributed by atoms with Crippen molar-refractivity contribution in [3.8, 4) is 0 Å². The van der Waals surface area contributed by atoms with E-state index in [0.717, 1.165) is 38.5 Å². The quantitative estimate of drug-likeness (QED) is 0.0263. The van der Waals surface area contributed by atoms with Gasteiger partial charge in [-0.05, 0) is 12.8 Å². The highest BCUT2D eigenvalue weighted by Crippen LogP contribution is 2.24. The van der Waals surface area contributed by atoms with E-state index in [1.807, 2.05) is 0 Å². The zero-order valence-corrected chi connectivity index (χ0v) is 41.9. The van der Waals surface area contributed by atoms with E-state index in [-0.39, 0.29) is 12.8 Å². The molecule has 1 aliphatic rings. The van der Waals surface area contributed by atoms with Crippen LogP contribution in [0, 0.1) is 0 Å². The van der Waals surface area contributed by atoms with Crippen LogP contribution in [-0.2, 0) is 14.3 Å². The minimum absolute atomic E-state index is 0.226. The zero-order chi connectivity index (χ0) is 47.8. The fourth-order valence-corrected chi connectivity index (χ4v) is 9.18. The van der Waals surface area contributed by atoms with Crippen LogP contribution in [0.2, 0.25) is 0 Å². The number of carbonyl (C=O) groups excluding carboxylic acids is 1. The summed E-state index contributed by atoms with van der Waals surface area (Å²) in [5.74, 6) is -0.943. The van der Waals surface area contributed by atoms with Crippen molar-refractivity contribution in [3.05, 3.63) is 0 Å². The molecule has 1 aliphatic heterocycles. The summed E-state index contributed by atoms with van der Waals surface area (Å²) in [7, 11) is 0. The van der Waals surface area contributed by atoms with Gasteiger partial charge >= 0.3 is 0 Å². The van der Waals surface area contributed by atoms with Crippen LogP contribution >= 0.6 is 0 Å². The van der Waals surface area contributed by atoms with E-state index in [1.165, 1.54) is 180 Å². The smallest absolute Gasteiger partial charge is 0.251 e. The molecular formula is C53H105NO11. The maximum atomic E-state index is 13.2. The van der Waals surface area contributed by atoms with Gasteiger partial charge in [-0.2, -0.15) is 0 Å². The summed E-state index contributed by atoms with van der Waals surface area (Å²) in [6.07, 6.45) is 31.6. The molecule has 0 spiro atoms. The molecule has 2 unspecified atom stereocenters. The second-order valence-electron chi connectivity index (χ2n) is 19.8. The number of hydrogen-bond donors (Lipinski definition) is 9. The Morgan fingerprint density at radius 1 is 0.477 bits per heavy atom. The van der Waals surface area contributed by atoms with Crippen molar-refractivity contribution < 1.29 is 55.1 Å². The molecule has 0 aliphatic carbocycles. The van der Waals surface area contributed by atoms with Crippen LogP contribution in [0.25, 0.3) is 0 Å². The van der Waals surface area contributed by atoms with Crippen LogP contribution in [0.3, 0.4) is 0 Å². The first-order chi connectivity index (χ1) is 31.6. The molecule has 1 fully saturated rings. The molecule has 65 heavy (non-hydrogen) atoms. The molecule has 1 amide bonds. The number of carbonyl (C=O) groups is 1. The van der Waals surface area contributed by atoms with E-state index in [2.05, 4.69) is 19.2 Å². The van der Waals surface area contributed by atoms with Gasteiger partial charge in [0.1, 0.15) is 30.5 Å². The normalized spacial score (nSPS) is 21.3.